The van der Waals surface area contributed by atoms with Gasteiger partial charge in [0.2, 0.25) is 5.91 Å². The van der Waals surface area contributed by atoms with Gasteiger partial charge in [-0.05, 0) is 64.9 Å². The summed E-state index contributed by atoms with van der Waals surface area (Å²) in [6.45, 7) is 1.61. The molecule has 3 aromatic rings. The number of amides is 2. The number of aromatic nitrogens is 1. The molecule has 0 radical (unpaired) electrons. The van der Waals surface area contributed by atoms with E-state index in [0.29, 0.717) is 17.5 Å². The monoisotopic (exact) mass is 536 g/mol. The van der Waals surface area contributed by atoms with Crippen molar-refractivity contribution < 1.29 is 19.1 Å². The maximum Gasteiger partial charge on any atom is 0.409 e. The van der Waals surface area contributed by atoms with Crippen molar-refractivity contribution in [3.63, 3.8) is 0 Å². The zero-order valence-electron chi connectivity index (χ0n) is 17.1. The van der Waals surface area contributed by atoms with E-state index in [-0.39, 0.29) is 23.0 Å². The molecule has 0 spiro atoms. The topological polar surface area (TPSA) is 125 Å². The van der Waals surface area contributed by atoms with Crippen molar-refractivity contribution in [1.82, 2.24) is 9.88 Å². The number of carboxylic acid groups (broad SMARTS) is 1. The molecule has 2 aromatic carbocycles. The molecule has 0 saturated carbocycles. The Balaban J connectivity index is 1.96. The Kier molecular flexibility index (Phi) is 6.78. The number of carbonyl (C=O) groups is 2. The van der Waals surface area contributed by atoms with Gasteiger partial charge in [-0.25, -0.2) is 9.59 Å². The van der Waals surface area contributed by atoms with Crippen LogP contribution in [0.15, 0.2) is 45.6 Å². The summed E-state index contributed by atoms with van der Waals surface area (Å²) < 4.78 is 6.41. The quantitative estimate of drug-likeness (QED) is 0.413. The molecule has 0 saturated heterocycles. The Bertz CT molecular complexity index is 1190. The lowest BCUT2D eigenvalue weighted by Gasteiger charge is -2.21. The Hall–Kier alpha value is -3.15. The van der Waals surface area contributed by atoms with Crippen molar-refractivity contribution in [3.05, 3.63) is 61.5 Å². The number of aryl methyl sites for hydroxylation is 1. The highest BCUT2D eigenvalue weighted by Crippen LogP contribution is 2.23. The highest BCUT2D eigenvalue weighted by Gasteiger charge is 2.23. The Labute approximate surface area is 191 Å². The van der Waals surface area contributed by atoms with Gasteiger partial charge in [0, 0.05) is 29.8 Å². The highest BCUT2D eigenvalue weighted by molar-refractivity contribution is 14.1. The second-order valence-electron chi connectivity index (χ2n) is 7.13. The van der Waals surface area contributed by atoms with Crippen LogP contribution in [0.4, 0.5) is 16.5 Å². The predicted molar refractivity (Wildman–Crippen MR) is 126 cm³/mol. The number of likely N-dealkylation sites (N-methyl/N-ethyl adjacent to an activating group) is 1. The lowest BCUT2D eigenvalue weighted by atomic mass is 10.1. The molecule has 1 atom stereocenters. The van der Waals surface area contributed by atoms with Gasteiger partial charge >= 0.3 is 11.7 Å². The van der Waals surface area contributed by atoms with E-state index in [2.05, 4.69) is 38.2 Å². The van der Waals surface area contributed by atoms with E-state index in [4.69, 9.17) is 9.52 Å². The first-order valence-corrected chi connectivity index (χ1v) is 10.4. The molecular formula is C21H21IN4O5. The number of benzene rings is 2. The van der Waals surface area contributed by atoms with E-state index in [0.717, 1.165) is 9.13 Å². The first-order chi connectivity index (χ1) is 14.7. The molecular weight excluding hydrogens is 515 g/mol. The normalized spacial score (nSPS) is 11.7. The first kappa shape index (κ1) is 22.5. The number of hydrogen-bond acceptors (Lipinski definition) is 6. The molecule has 31 heavy (non-hydrogen) atoms. The number of carbonyl (C=O) groups excluding carboxylic acids is 1. The fourth-order valence-corrected chi connectivity index (χ4v) is 3.51. The zero-order chi connectivity index (χ0) is 22.7. The summed E-state index contributed by atoms with van der Waals surface area (Å²) in [7, 11) is 3.30. The molecule has 0 aliphatic rings. The minimum atomic E-state index is -1.24. The van der Waals surface area contributed by atoms with Gasteiger partial charge in [-0.3, -0.25) is 10.1 Å². The highest BCUT2D eigenvalue weighted by atomic mass is 127. The van der Waals surface area contributed by atoms with Crippen molar-refractivity contribution in [2.75, 3.05) is 24.7 Å². The molecule has 0 fully saturated rings. The van der Waals surface area contributed by atoms with Crippen LogP contribution in [0, 0.1) is 10.5 Å². The summed E-state index contributed by atoms with van der Waals surface area (Å²) in [5.74, 6) is -0.194. The van der Waals surface area contributed by atoms with E-state index in [1.54, 1.807) is 21.0 Å². The zero-order valence-corrected chi connectivity index (χ0v) is 19.3. The molecule has 10 heteroatoms. The number of nitrogens with one attached hydrogen (secondary N) is 2. The number of anilines is 2. The smallest absolute Gasteiger partial charge is 0.409 e. The molecule has 3 rings (SSSR count). The van der Waals surface area contributed by atoms with Crippen LogP contribution >= 0.6 is 22.6 Å². The SMILES string of the molecule is Cc1c(NC(=O)O)ccc2nc(N[C@@H](Cc3ccc(I)cc3)C(=O)N(C)C)oc(=O)c12. The van der Waals surface area contributed by atoms with Gasteiger partial charge in [0.05, 0.1) is 10.9 Å². The first-order valence-electron chi connectivity index (χ1n) is 9.32. The van der Waals surface area contributed by atoms with E-state index >= 15 is 0 Å². The summed E-state index contributed by atoms with van der Waals surface area (Å²) in [5, 5.41) is 14.3. The number of rotatable bonds is 6. The second kappa shape index (κ2) is 9.33. The average Bonchev–Trinajstić information content (AvgIpc) is 2.70. The molecule has 2 amide bonds. The lowest BCUT2D eigenvalue weighted by Crippen LogP contribution is -2.40. The third-order valence-corrected chi connectivity index (χ3v) is 5.41. The van der Waals surface area contributed by atoms with Gasteiger partial charge in [0.1, 0.15) is 6.04 Å². The summed E-state index contributed by atoms with van der Waals surface area (Å²) in [6, 6.07) is 10.0. The van der Waals surface area contributed by atoms with Crippen LogP contribution in [0.25, 0.3) is 10.9 Å². The summed E-state index contributed by atoms with van der Waals surface area (Å²) in [6.07, 6.45) is -0.864. The van der Waals surface area contributed by atoms with Gasteiger partial charge < -0.3 is 19.7 Å². The second-order valence-corrected chi connectivity index (χ2v) is 8.37. The van der Waals surface area contributed by atoms with Crippen molar-refractivity contribution in [1.29, 1.82) is 0 Å². The van der Waals surface area contributed by atoms with Crippen LogP contribution in [0.3, 0.4) is 0 Å². The maximum atomic E-state index is 12.7. The maximum absolute atomic E-state index is 12.7. The van der Waals surface area contributed by atoms with E-state index in [1.807, 2.05) is 24.3 Å². The van der Waals surface area contributed by atoms with Crippen LogP contribution in [-0.4, -0.2) is 47.1 Å². The van der Waals surface area contributed by atoms with Gasteiger partial charge in [-0.15, -0.1) is 0 Å². The van der Waals surface area contributed by atoms with Crippen molar-refractivity contribution in [2.24, 2.45) is 0 Å². The van der Waals surface area contributed by atoms with Gasteiger partial charge in [0.15, 0.2) is 0 Å². The molecule has 9 nitrogen and oxygen atoms in total. The van der Waals surface area contributed by atoms with Crippen LogP contribution in [-0.2, 0) is 11.2 Å². The fraction of sp³-hybridized carbons (Fsp3) is 0.238. The van der Waals surface area contributed by atoms with Gasteiger partial charge in [-0.1, -0.05) is 12.1 Å². The third kappa shape index (κ3) is 5.32. The molecule has 1 aromatic heterocycles. The number of hydrogen-bond donors (Lipinski definition) is 3. The molecule has 3 N–H and O–H groups in total. The fourth-order valence-electron chi connectivity index (χ4n) is 3.15. The predicted octanol–water partition coefficient (Wildman–Crippen LogP) is 3.30. The molecule has 0 aliphatic carbocycles. The van der Waals surface area contributed by atoms with Gasteiger partial charge in [0.25, 0.3) is 6.01 Å². The van der Waals surface area contributed by atoms with Crippen LogP contribution in [0.1, 0.15) is 11.1 Å². The molecule has 1 heterocycles. The number of fused-ring (bicyclic) bond motifs is 1. The van der Waals surface area contributed by atoms with Crippen LogP contribution in [0.5, 0.6) is 0 Å². The minimum absolute atomic E-state index is 0.0819. The van der Waals surface area contributed by atoms with E-state index in [9.17, 15) is 14.4 Å². The molecule has 0 aliphatic heterocycles. The largest absolute Gasteiger partial charge is 0.465 e. The van der Waals surface area contributed by atoms with Gasteiger partial charge in [-0.2, -0.15) is 4.98 Å². The molecule has 162 valence electrons. The summed E-state index contributed by atoms with van der Waals surface area (Å²) in [5.41, 5.74) is 1.28. The number of halogens is 1. The van der Waals surface area contributed by atoms with Crippen molar-refractivity contribution in [3.8, 4) is 0 Å². The van der Waals surface area contributed by atoms with Crippen LogP contribution in [0.2, 0.25) is 0 Å². The Morgan fingerprint density at radius 2 is 1.87 bits per heavy atom. The minimum Gasteiger partial charge on any atom is -0.465 e. The average molecular weight is 536 g/mol. The Morgan fingerprint density at radius 3 is 2.48 bits per heavy atom. The summed E-state index contributed by atoms with van der Waals surface area (Å²) >= 11 is 2.21. The van der Waals surface area contributed by atoms with E-state index in [1.165, 1.54) is 17.0 Å². The number of nitrogens with zero attached hydrogens (tertiary/aromatic N) is 2. The lowest BCUT2D eigenvalue weighted by molar-refractivity contribution is -0.129. The van der Waals surface area contributed by atoms with Crippen LogP contribution < -0.4 is 16.3 Å². The molecule has 0 bridgehead atoms. The molecule has 0 unspecified atom stereocenters. The Morgan fingerprint density at radius 1 is 1.19 bits per heavy atom. The summed E-state index contributed by atoms with van der Waals surface area (Å²) in [4.78, 5) is 42.1. The third-order valence-electron chi connectivity index (χ3n) is 4.69. The van der Waals surface area contributed by atoms with E-state index < -0.39 is 17.8 Å². The van der Waals surface area contributed by atoms with Crippen molar-refractivity contribution in [2.45, 2.75) is 19.4 Å². The standard InChI is InChI=1S/C21H21IN4O5/c1-11-14(25-21(29)30)8-9-15-17(11)19(28)31-20(23-15)24-16(18(27)26(2)3)10-12-4-6-13(22)7-5-12/h4-9,16,25H,10H2,1-3H3,(H,23,24)(H,29,30)/t16-/m0/s1. The van der Waals surface area contributed by atoms with Crippen molar-refractivity contribution >= 4 is 57.2 Å².